The van der Waals surface area contributed by atoms with E-state index in [9.17, 15) is 0 Å². The largest absolute Gasteiger partial charge is 0.302 e. The van der Waals surface area contributed by atoms with Gasteiger partial charge < -0.3 is 5.32 Å². The van der Waals surface area contributed by atoms with Crippen LogP contribution >= 0.6 is 11.6 Å². The quantitative estimate of drug-likeness (QED) is 0.915. The van der Waals surface area contributed by atoms with E-state index in [1.165, 1.54) is 5.56 Å². The predicted molar refractivity (Wildman–Crippen MR) is 73.4 cm³/mol. The second-order valence-corrected chi connectivity index (χ2v) is 4.73. The maximum Gasteiger partial charge on any atom is 0.0753 e. The van der Waals surface area contributed by atoms with Crippen LogP contribution in [0, 0.1) is 0 Å². The number of halogens is 1. The number of aromatic nitrogens is 2. The van der Waals surface area contributed by atoms with Gasteiger partial charge in [0.05, 0.1) is 5.69 Å². The van der Waals surface area contributed by atoms with E-state index in [0.717, 1.165) is 10.7 Å². The Balaban J connectivity index is 2.03. The molecule has 0 aliphatic heterocycles. The lowest BCUT2D eigenvalue weighted by Gasteiger charge is -2.19. The lowest BCUT2D eigenvalue weighted by molar-refractivity contribution is 0.485. The van der Waals surface area contributed by atoms with Gasteiger partial charge in [-0.15, -0.1) is 0 Å². The standard InChI is InChI=1S/C14H16ClN3/c1-10(12-3-5-13(15)6-4-12)18-11(2)14-9-16-7-8-17-14/h3-11,18H,1-2H3. The molecule has 3 nitrogen and oxygen atoms in total. The Hall–Kier alpha value is -1.45. The highest BCUT2D eigenvalue weighted by molar-refractivity contribution is 6.30. The molecule has 1 heterocycles. The summed E-state index contributed by atoms with van der Waals surface area (Å²) in [4.78, 5) is 8.37. The van der Waals surface area contributed by atoms with E-state index in [1.807, 2.05) is 24.3 Å². The van der Waals surface area contributed by atoms with E-state index < -0.39 is 0 Å². The van der Waals surface area contributed by atoms with Gasteiger partial charge in [0.1, 0.15) is 0 Å². The van der Waals surface area contributed by atoms with E-state index in [4.69, 9.17) is 11.6 Å². The number of hydrogen-bond donors (Lipinski definition) is 1. The first-order chi connectivity index (χ1) is 8.66. The Morgan fingerprint density at radius 2 is 1.78 bits per heavy atom. The zero-order valence-corrected chi connectivity index (χ0v) is 11.2. The molecule has 0 saturated carbocycles. The van der Waals surface area contributed by atoms with E-state index in [1.54, 1.807) is 18.6 Å². The van der Waals surface area contributed by atoms with Gasteiger partial charge in [-0.1, -0.05) is 23.7 Å². The summed E-state index contributed by atoms with van der Waals surface area (Å²) >= 11 is 5.88. The lowest BCUT2D eigenvalue weighted by atomic mass is 10.1. The van der Waals surface area contributed by atoms with Crippen molar-refractivity contribution in [2.75, 3.05) is 0 Å². The number of hydrogen-bond acceptors (Lipinski definition) is 3. The first kappa shape index (κ1) is 13.0. The maximum atomic E-state index is 5.88. The van der Waals surface area contributed by atoms with Gasteiger partial charge in [-0.3, -0.25) is 9.97 Å². The van der Waals surface area contributed by atoms with Crippen molar-refractivity contribution in [1.82, 2.24) is 15.3 Å². The molecule has 0 aliphatic rings. The molecule has 0 radical (unpaired) electrons. The van der Waals surface area contributed by atoms with Crippen molar-refractivity contribution < 1.29 is 0 Å². The van der Waals surface area contributed by atoms with Crippen molar-refractivity contribution in [2.24, 2.45) is 0 Å². The van der Waals surface area contributed by atoms with E-state index in [2.05, 4.69) is 29.1 Å². The van der Waals surface area contributed by atoms with E-state index in [0.29, 0.717) is 0 Å². The number of rotatable bonds is 4. The predicted octanol–water partition coefficient (Wildman–Crippen LogP) is 3.54. The number of benzene rings is 1. The lowest BCUT2D eigenvalue weighted by Crippen LogP contribution is -2.23. The third-order valence-electron chi connectivity index (χ3n) is 2.90. The van der Waals surface area contributed by atoms with Crippen LogP contribution in [0.25, 0.3) is 0 Å². The molecule has 0 saturated heterocycles. The summed E-state index contributed by atoms with van der Waals surface area (Å²) < 4.78 is 0. The third-order valence-corrected chi connectivity index (χ3v) is 3.15. The summed E-state index contributed by atoms with van der Waals surface area (Å²) in [6.07, 6.45) is 5.17. The molecule has 94 valence electrons. The van der Waals surface area contributed by atoms with E-state index in [-0.39, 0.29) is 12.1 Å². The second-order valence-electron chi connectivity index (χ2n) is 4.29. The van der Waals surface area contributed by atoms with E-state index >= 15 is 0 Å². The Morgan fingerprint density at radius 1 is 1.06 bits per heavy atom. The molecule has 2 atom stereocenters. The Kier molecular flexibility index (Phi) is 4.28. The normalized spacial score (nSPS) is 14.2. The molecular formula is C14H16ClN3. The summed E-state index contributed by atoms with van der Waals surface area (Å²) in [5.41, 5.74) is 2.15. The van der Waals surface area contributed by atoms with Crippen LogP contribution in [0.5, 0.6) is 0 Å². The van der Waals surface area contributed by atoms with Gasteiger partial charge in [0.25, 0.3) is 0 Å². The van der Waals surface area contributed by atoms with Crippen LogP contribution in [-0.2, 0) is 0 Å². The van der Waals surface area contributed by atoms with Gasteiger partial charge in [-0.25, -0.2) is 0 Å². The average Bonchev–Trinajstić information content (AvgIpc) is 2.40. The third kappa shape index (κ3) is 3.28. The molecule has 2 rings (SSSR count). The van der Waals surface area contributed by atoms with Gasteiger partial charge in [-0.05, 0) is 31.5 Å². The molecule has 1 N–H and O–H groups in total. The summed E-state index contributed by atoms with van der Waals surface area (Å²) in [7, 11) is 0. The van der Waals surface area contributed by atoms with Crippen molar-refractivity contribution in [2.45, 2.75) is 25.9 Å². The molecule has 0 amide bonds. The molecule has 1 aromatic carbocycles. The number of nitrogens with zero attached hydrogens (tertiary/aromatic N) is 2. The fraction of sp³-hybridized carbons (Fsp3) is 0.286. The van der Waals surface area contributed by atoms with Gasteiger partial charge in [-0.2, -0.15) is 0 Å². The topological polar surface area (TPSA) is 37.8 Å². The maximum absolute atomic E-state index is 5.88. The van der Waals surface area contributed by atoms with Crippen LogP contribution in [0.1, 0.15) is 37.2 Å². The van der Waals surface area contributed by atoms with Crippen LogP contribution in [0.3, 0.4) is 0 Å². The Labute approximate surface area is 112 Å². The van der Waals surface area contributed by atoms with Crippen molar-refractivity contribution in [1.29, 1.82) is 0 Å². The zero-order valence-electron chi connectivity index (χ0n) is 10.5. The minimum atomic E-state index is 0.157. The van der Waals surface area contributed by atoms with Crippen LogP contribution in [0.15, 0.2) is 42.9 Å². The van der Waals surface area contributed by atoms with Gasteiger partial charge >= 0.3 is 0 Å². The molecule has 2 unspecified atom stereocenters. The average molecular weight is 262 g/mol. The Bertz CT molecular complexity index is 484. The SMILES string of the molecule is CC(NC(C)c1cnccn1)c1ccc(Cl)cc1. The first-order valence-corrected chi connectivity index (χ1v) is 6.32. The van der Waals surface area contributed by atoms with Crippen molar-refractivity contribution >= 4 is 11.6 Å². The van der Waals surface area contributed by atoms with Gasteiger partial charge in [0, 0.05) is 35.7 Å². The minimum absolute atomic E-state index is 0.157. The molecule has 1 aromatic heterocycles. The summed E-state index contributed by atoms with van der Waals surface area (Å²) in [6.45, 7) is 4.20. The fourth-order valence-electron chi connectivity index (χ4n) is 1.84. The molecule has 0 aliphatic carbocycles. The number of nitrogens with one attached hydrogen (secondary N) is 1. The van der Waals surface area contributed by atoms with Crippen LogP contribution < -0.4 is 5.32 Å². The van der Waals surface area contributed by atoms with Crippen LogP contribution in [0.2, 0.25) is 5.02 Å². The highest BCUT2D eigenvalue weighted by atomic mass is 35.5. The molecule has 0 fully saturated rings. The van der Waals surface area contributed by atoms with Crippen molar-refractivity contribution in [3.05, 3.63) is 59.1 Å². The second kappa shape index (κ2) is 5.94. The molecule has 4 heteroatoms. The van der Waals surface area contributed by atoms with Gasteiger partial charge in [0.2, 0.25) is 0 Å². The van der Waals surface area contributed by atoms with Crippen molar-refractivity contribution in [3.63, 3.8) is 0 Å². The molecule has 2 aromatic rings. The first-order valence-electron chi connectivity index (χ1n) is 5.94. The van der Waals surface area contributed by atoms with Crippen LogP contribution in [-0.4, -0.2) is 9.97 Å². The molecular weight excluding hydrogens is 246 g/mol. The van der Waals surface area contributed by atoms with Crippen LogP contribution in [0.4, 0.5) is 0 Å². The van der Waals surface area contributed by atoms with Crippen molar-refractivity contribution in [3.8, 4) is 0 Å². The smallest absolute Gasteiger partial charge is 0.0753 e. The minimum Gasteiger partial charge on any atom is -0.302 e. The highest BCUT2D eigenvalue weighted by Gasteiger charge is 2.11. The summed E-state index contributed by atoms with van der Waals surface area (Å²) in [6, 6.07) is 8.26. The fourth-order valence-corrected chi connectivity index (χ4v) is 1.97. The highest BCUT2D eigenvalue weighted by Crippen LogP contribution is 2.19. The Morgan fingerprint density at radius 3 is 2.39 bits per heavy atom. The molecule has 0 bridgehead atoms. The van der Waals surface area contributed by atoms with Gasteiger partial charge in [0.15, 0.2) is 0 Å². The monoisotopic (exact) mass is 261 g/mol. The zero-order chi connectivity index (χ0) is 13.0. The molecule has 0 spiro atoms. The molecule has 18 heavy (non-hydrogen) atoms. The summed E-state index contributed by atoms with van der Waals surface area (Å²) in [5, 5.41) is 4.24. The summed E-state index contributed by atoms with van der Waals surface area (Å²) in [5.74, 6) is 0.